The average molecular weight is 360 g/mol. The third kappa shape index (κ3) is 3.33. The minimum absolute atomic E-state index is 0.0370. The fourth-order valence-electron chi connectivity index (χ4n) is 4.21. The quantitative estimate of drug-likeness (QED) is 0.876. The lowest BCUT2D eigenvalue weighted by Gasteiger charge is -2.32. The highest BCUT2D eigenvalue weighted by molar-refractivity contribution is 5.99. The monoisotopic (exact) mass is 360 g/mol. The van der Waals surface area contributed by atoms with Gasteiger partial charge in [-0.05, 0) is 31.0 Å². The van der Waals surface area contributed by atoms with Gasteiger partial charge in [-0.3, -0.25) is 14.5 Å². The molecule has 0 aliphatic carbocycles. The van der Waals surface area contributed by atoms with Gasteiger partial charge in [0.05, 0.1) is 5.56 Å². The molecule has 1 unspecified atom stereocenters. The molecule has 6 nitrogen and oxygen atoms in total. The molecule has 3 heterocycles. The molecule has 0 radical (unpaired) electrons. The van der Waals surface area contributed by atoms with Gasteiger partial charge in [0.1, 0.15) is 5.82 Å². The van der Waals surface area contributed by atoms with Gasteiger partial charge in [-0.2, -0.15) is 0 Å². The minimum Gasteiger partial charge on any atom is -0.337 e. The number of benzene rings is 1. The molecule has 0 spiro atoms. The number of nitrogens with one attached hydrogen (secondary N) is 1. The van der Waals surface area contributed by atoms with Gasteiger partial charge in [-0.25, -0.2) is 4.39 Å². The lowest BCUT2D eigenvalue weighted by molar-refractivity contribution is -0.117. The van der Waals surface area contributed by atoms with Crippen molar-refractivity contribution in [2.75, 3.05) is 50.7 Å². The maximum atomic E-state index is 14.3. The Morgan fingerprint density at radius 1 is 1.15 bits per heavy atom. The van der Waals surface area contributed by atoms with E-state index in [4.69, 9.17) is 0 Å². The maximum absolute atomic E-state index is 14.3. The first kappa shape index (κ1) is 17.4. The van der Waals surface area contributed by atoms with Crippen molar-refractivity contribution in [3.8, 4) is 0 Å². The number of carbonyl (C=O) groups excluding carboxylic acids is 2. The highest BCUT2D eigenvalue weighted by Gasteiger charge is 2.32. The molecule has 3 fully saturated rings. The molecular formula is C19H25FN4O2. The van der Waals surface area contributed by atoms with Gasteiger partial charge in [0.25, 0.3) is 5.91 Å². The summed E-state index contributed by atoms with van der Waals surface area (Å²) >= 11 is 0. The van der Waals surface area contributed by atoms with Crippen LogP contribution in [0.5, 0.6) is 0 Å². The second kappa shape index (κ2) is 7.32. The van der Waals surface area contributed by atoms with Crippen molar-refractivity contribution in [2.24, 2.45) is 0 Å². The first-order valence-electron chi connectivity index (χ1n) is 9.47. The Balaban J connectivity index is 1.48. The van der Waals surface area contributed by atoms with Gasteiger partial charge >= 0.3 is 0 Å². The number of carbonyl (C=O) groups is 2. The van der Waals surface area contributed by atoms with E-state index in [1.165, 1.54) is 6.07 Å². The van der Waals surface area contributed by atoms with E-state index in [1.807, 2.05) is 0 Å². The summed E-state index contributed by atoms with van der Waals surface area (Å²) in [6.45, 7) is 5.87. The van der Waals surface area contributed by atoms with E-state index in [2.05, 4.69) is 10.2 Å². The van der Waals surface area contributed by atoms with Gasteiger partial charge in [0.2, 0.25) is 5.91 Å². The Labute approximate surface area is 152 Å². The molecule has 1 N–H and O–H groups in total. The number of anilines is 1. The third-order valence-electron chi connectivity index (χ3n) is 5.68. The summed E-state index contributed by atoms with van der Waals surface area (Å²) in [4.78, 5) is 30.6. The maximum Gasteiger partial charge on any atom is 0.256 e. The summed E-state index contributed by atoms with van der Waals surface area (Å²) in [6, 6.07) is 4.78. The SMILES string of the molecule is O=C(c1cc(N2CCCC2=O)ccc1F)N1CCC(N2CCNCC2)C1. The van der Waals surface area contributed by atoms with Crippen molar-refractivity contribution < 1.29 is 14.0 Å². The number of nitrogens with zero attached hydrogens (tertiary/aromatic N) is 3. The fraction of sp³-hybridized carbons (Fsp3) is 0.579. The van der Waals surface area contributed by atoms with E-state index >= 15 is 0 Å². The first-order chi connectivity index (χ1) is 12.6. The molecule has 140 valence electrons. The average Bonchev–Trinajstić information content (AvgIpc) is 3.32. The van der Waals surface area contributed by atoms with Crippen LogP contribution in [-0.4, -0.2) is 73.5 Å². The Morgan fingerprint density at radius 2 is 1.96 bits per heavy atom. The summed E-state index contributed by atoms with van der Waals surface area (Å²) in [5, 5.41) is 3.34. The number of amides is 2. The Hall–Kier alpha value is -1.99. The molecule has 4 rings (SSSR count). The van der Waals surface area contributed by atoms with Crippen LogP contribution >= 0.6 is 0 Å². The van der Waals surface area contributed by atoms with E-state index in [9.17, 15) is 14.0 Å². The summed E-state index contributed by atoms with van der Waals surface area (Å²) in [6.07, 6.45) is 2.24. The summed E-state index contributed by atoms with van der Waals surface area (Å²) in [7, 11) is 0. The highest BCUT2D eigenvalue weighted by atomic mass is 19.1. The van der Waals surface area contributed by atoms with Crippen molar-refractivity contribution in [1.29, 1.82) is 0 Å². The van der Waals surface area contributed by atoms with Gasteiger partial charge in [-0.1, -0.05) is 0 Å². The van der Waals surface area contributed by atoms with E-state index in [0.717, 1.165) is 39.0 Å². The smallest absolute Gasteiger partial charge is 0.256 e. The molecule has 0 saturated carbocycles. The molecule has 1 aromatic carbocycles. The molecule has 1 aromatic rings. The summed E-state index contributed by atoms with van der Waals surface area (Å²) < 4.78 is 14.3. The number of hydrogen-bond acceptors (Lipinski definition) is 4. The van der Waals surface area contributed by atoms with Crippen LogP contribution in [0.2, 0.25) is 0 Å². The van der Waals surface area contributed by atoms with Crippen LogP contribution in [0.25, 0.3) is 0 Å². The lowest BCUT2D eigenvalue weighted by atomic mass is 10.1. The second-order valence-electron chi connectivity index (χ2n) is 7.29. The zero-order valence-electron chi connectivity index (χ0n) is 14.9. The van der Waals surface area contributed by atoms with Crippen LogP contribution in [0.4, 0.5) is 10.1 Å². The molecule has 2 amide bonds. The number of halogens is 1. The molecule has 26 heavy (non-hydrogen) atoms. The lowest BCUT2D eigenvalue weighted by Crippen LogP contribution is -2.49. The standard InChI is InChI=1S/C19H25FN4O2/c20-17-4-3-14(24-8-1-2-18(24)25)12-16(17)19(26)23-9-5-15(13-23)22-10-6-21-7-11-22/h3-4,12,15,21H,1-2,5-11,13H2. The number of piperazine rings is 1. The number of likely N-dealkylation sites (tertiary alicyclic amines) is 1. The van der Waals surface area contributed by atoms with Crippen LogP contribution < -0.4 is 10.2 Å². The number of hydrogen-bond donors (Lipinski definition) is 1. The first-order valence-corrected chi connectivity index (χ1v) is 9.47. The summed E-state index contributed by atoms with van der Waals surface area (Å²) in [5.74, 6) is -0.750. The summed E-state index contributed by atoms with van der Waals surface area (Å²) in [5.41, 5.74) is 0.693. The van der Waals surface area contributed by atoms with Crippen molar-refractivity contribution >= 4 is 17.5 Å². The normalized spacial score (nSPS) is 24.5. The second-order valence-corrected chi connectivity index (χ2v) is 7.29. The van der Waals surface area contributed by atoms with Crippen molar-refractivity contribution in [3.05, 3.63) is 29.6 Å². The predicted molar refractivity (Wildman–Crippen MR) is 96.7 cm³/mol. The molecule has 7 heteroatoms. The van der Waals surface area contributed by atoms with Crippen LogP contribution in [0, 0.1) is 5.82 Å². The van der Waals surface area contributed by atoms with E-state index in [1.54, 1.807) is 21.9 Å². The minimum atomic E-state index is -0.518. The van der Waals surface area contributed by atoms with E-state index in [-0.39, 0.29) is 17.4 Å². The van der Waals surface area contributed by atoms with Gasteiger partial charge in [-0.15, -0.1) is 0 Å². The molecule has 0 aromatic heterocycles. The Kier molecular flexibility index (Phi) is 4.91. The highest BCUT2D eigenvalue weighted by Crippen LogP contribution is 2.26. The Morgan fingerprint density at radius 3 is 2.69 bits per heavy atom. The van der Waals surface area contributed by atoms with Crippen molar-refractivity contribution in [3.63, 3.8) is 0 Å². The van der Waals surface area contributed by atoms with Gasteiger partial charge < -0.3 is 15.1 Å². The van der Waals surface area contributed by atoms with E-state index < -0.39 is 5.82 Å². The molecule has 1 atom stereocenters. The van der Waals surface area contributed by atoms with Crippen LogP contribution in [0.3, 0.4) is 0 Å². The topological polar surface area (TPSA) is 55.9 Å². The molecule has 3 aliphatic rings. The van der Waals surface area contributed by atoms with Crippen molar-refractivity contribution in [1.82, 2.24) is 15.1 Å². The largest absolute Gasteiger partial charge is 0.337 e. The fourth-order valence-corrected chi connectivity index (χ4v) is 4.21. The van der Waals surface area contributed by atoms with Gasteiger partial charge in [0.15, 0.2) is 0 Å². The zero-order chi connectivity index (χ0) is 18.1. The molecule has 3 aliphatic heterocycles. The third-order valence-corrected chi connectivity index (χ3v) is 5.68. The zero-order valence-corrected chi connectivity index (χ0v) is 14.9. The molecule has 0 bridgehead atoms. The van der Waals surface area contributed by atoms with Crippen molar-refractivity contribution in [2.45, 2.75) is 25.3 Å². The number of rotatable bonds is 3. The Bertz CT molecular complexity index is 705. The van der Waals surface area contributed by atoms with Gasteiger partial charge in [0, 0.05) is 64.0 Å². The molecular weight excluding hydrogens is 335 g/mol. The van der Waals surface area contributed by atoms with Crippen LogP contribution in [0.15, 0.2) is 18.2 Å². The van der Waals surface area contributed by atoms with Crippen LogP contribution in [0.1, 0.15) is 29.6 Å². The van der Waals surface area contributed by atoms with E-state index in [0.29, 0.717) is 37.8 Å². The predicted octanol–water partition coefficient (Wildman–Crippen LogP) is 1.07. The molecule has 3 saturated heterocycles. The van der Waals surface area contributed by atoms with Crippen LogP contribution in [-0.2, 0) is 4.79 Å².